The number of hydrogen-bond donors (Lipinski definition) is 2. The van der Waals surface area contributed by atoms with E-state index in [1.54, 1.807) is 0 Å². The monoisotopic (exact) mass is 190 g/mol. The van der Waals surface area contributed by atoms with Gasteiger partial charge in [-0.05, 0) is 24.9 Å². The molecule has 3 nitrogen and oxygen atoms in total. The minimum atomic E-state index is -0.624. The van der Waals surface area contributed by atoms with Gasteiger partial charge in [-0.15, -0.1) is 0 Å². The van der Waals surface area contributed by atoms with E-state index < -0.39 is 5.54 Å². The van der Waals surface area contributed by atoms with E-state index in [9.17, 15) is 4.79 Å². The smallest absolute Gasteiger partial charge is 0.242 e. The highest BCUT2D eigenvalue weighted by atomic mass is 16.1. The second kappa shape index (κ2) is 3.42. The Balaban J connectivity index is 2.42. The van der Waals surface area contributed by atoms with Gasteiger partial charge in [-0.3, -0.25) is 10.1 Å². The maximum absolute atomic E-state index is 11.5. The summed E-state index contributed by atoms with van der Waals surface area (Å²) in [7, 11) is 0. The molecule has 1 aliphatic heterocycles. The summed E-state index contributed by atoms with van der Waals surface area (Å²) in [5.41, 5.74) is 5.82. The van der Waals surface area contributed by atoms with Gasteiger partial charge < -0.3 is 5.73 Å². The standard InChI is InChI=1S/C11H14N2O/c12-10(14)11(7-4-8-13-11)9-5-2-1-3-6-9/h1-3,5-6,13H,4,7-8H2,(H2,12,14)/t11-/m1/s1. The Hall–Kier alpha value is -1.35. The van der Waals surface area contributed by atoms with Gasteiger partial charge in [0.1, 0.15) is 5.54 Å². The van der Waals surface area contributed by atoms with Crippen molar-refractivity contribution in [3.05, 3.63) is 35.9 Å². The Morgan fingerprint density at radius 2 is 2.07 bits per heavy atom. The lowest BCUT2D eigenvalue weighted by atomic mass is 9.88. The Kier molecular flexibility index (Phi) is 2.25. The van der Waals surface area contributed by atoms with Crippen LogP contribution in [0.4, 0.5) is 0 Å². The molecular weight excluding hydrogens is 176 g/mol. The van der Waals surface area contributed by atoms with Gasteiger partial charge in [0.25, 0.3) is 0 Å². The number of nitrogens with two attached hydrogens (primary N) is 1. The molecule has 0 aromatic heterocycles. The lowest BCUT2D eigenvalue weighted by molar-refractivity contribution is -0.124. The van der Waals surface area contributed by atoms with Crippen LogP contribution in [0.25, 0.3) is 0 Å². The second-order valence-electron chi connectivity index (χ2n) is 3.67. The Morgan fingerprint density at radius 3 is 2.57 bits per heavy atom. The Labute approximate surface area is 83.3 Å². The minimum absolute atomic E-state index is 0.277. The van der Waals surface area contributed by atoms with Crippen LogP contribution in [-0.2, 0) is 10.3 Å². The summed E-state index contributed by atoms with van der Waals surface area (Å²) in [5, 5.41) is 3.21. The lowest BCUT2D eigenvalue weighted by Crippen LogP contribution is -2.48. The average molecular weight is 190 g/mol. The molecule has 0 bridgehead atoms. The first-order valence-corrected chi connectivity index (χ1v) is 4.86. The van der Waals surface area contributed by atoms with E-state index in [2.05, 4.69) is 5.32 Å². The molecule has 74 valence electrons. The predicted molar refractivity (Wildman–Crippen MR) is 54.6 cm³/mol. The van der Waals surface area contributed by atoms with Crippen LogP contribution in [-0.4, -0.2) is 12.5 Å². The molecule has 3 N–H and O–H groups in total. The Bertz CT molecular complexity index is 328. The first-order chi connectivity index (χ1) is 6.76. The van der Waals surface area contributed by atoms with Crippen LogP contribution in [0.2, 0.25) is 0 Å². The topological polar surface area (TPSA) is 55.1 Å². The van der Waals surface area contributed by atoms with Crippen molar-refractivity contribution in [2.45, 2.75) is 18.4 Å². The van der Waals surface area contributed by atoms with E-state index in [0.29, 0.717) is 0 Å². The quantitative estimate of drug-likeness (QED) is 0.723. The van der Waals surface area contributed by atoms with Crippen molar-refractivity contribution in [1.82, 2.24) is 5.32 Å². The number of hydrogen-bond acceptors (Lipinski definition) is 2. The van der Waals surface area contributed by atoms with Crippen molar-refractivity contribution in [3.8, 4) is 0 Å². The van der Waals surface area contributed by atoms with E-state index in [-0.39, 0.29) is 5.91 Å². The van der Waals surface area contributed by atoms with Gasteiger partial charge in [0.15, 0.2) is 0 Å². The van der Waals surface area contributed by atoms with Gasteiger partial charge in [0.05, 0.1) is 0 Å². The van der Waals surface area contributed by atoms with Crippen LogP contribution in [0.3, 0.4) is 0 Å². The second-order valence-corrected chi connectivity index (χ2v) is 3.67. The molecule has 1 saturated heterocycles. The summed E-state index contributed by atoms with van der Waals surface area (Å²) < 4.78 is 0. The van der Waals surface area contributed by atoms with Crippen LogP contribution in [0.15, 0.2) is 30.3 Å². The van der Waals surface area contributed by atoms with Crippen LogP contribution in [0, 0.1) is 0 Å². The number of carbonyl (C=O) groups is 1. The maximum atomic E-state index is 11.5. The van der Waals surface area contributed by atoms with Crippen molar-refractivity contribution in [1.29, 1.82) is 0 Å². The minimum Gasteiger partial charge on any atom is -0.368 e. The van der Waals surface area contributed by atoms with E-state index in [4.69, 9.17) is 5.73 Å². The molecule has 0 spiro atoms. The van der Waals surface area contributed by atoms with Gasteiger partial charge in [-0.1, -0.05) is 30.3 Å². The molecule has 3 heteroatoms. The van der Waals surface area contributed by atoms with Crippen LogP contribution in [0.5, 0.6) is 0 Å². The SMILES string of the molecule is NC(=O)[C@]1(c2ccccc2)CCCN1. The molecule has 1 aromatic rings. The van der Waals surface area contributed by atoms with Crippen LogP contribution < -0.4 is 11.1 Å². The third-order valence-electron chi connectivity index (χ3n) is 2.84. The van der Waals surface area contributed by atoms with Crippen LogP contribution >= 0.6 is 0 Å². The normalized spacial score (nSPS) is 26.3. The first-order valence-electron chi connectivity index (χ1n) is 4.86. The maximum Gasteiger partial charge on any atom is 0.242 e. The Morgan fingerprint density at radius 1 is 1.36 bits per heavy atom. The van der Waals surface area contributed by atoms with Crippen molar-refractivity contribution < 1.29 is 4.79 Å². The van der Waals surface area contributed by atoms with Crippen molar-refractivity contribution in [2.24, 2.45) is 5.73 Å². The summed E-state index contributed by atoms with van der Waals surface area (Å²) >= 11 is 0. The molecule has 1 atom stereocenters. The highest BCUT2D eigenvalue weighted by Gasteiger charge is 2.40. The van der Waals surface area contributed by atoms with E-state index in [1.165, 1.54) is 0 Å². The molecule has 1 aromatic carbocycles. The predicted octanol–water partition coefficient (Wildman–Crippen LogP) is 0.751. The van der Waals surface area contributed by atoms with E-state index >= 15 is 0 Å². The third kappa shape index (κ3) is 1.30. The molecule has 1 heterocycles. The number of primary amides is 1. The first kappa shape index (κ1) is 9.21. The zero-order chi connectivity index (χ0) is 10.0. The van der Waals surface area contributed by atoms with Gasteiger partial charge in [0.2, 0.25) is 5.91 Å². The summed E-state index contributed by atoms with van der Waals surface area (Å²) in [6.45, 7) is 0.859. The van der Waals surface area contributed by atoms with Gasteiger partial charge >= 0.3 is 0 Å². The molecule has 1 fully saturated rings. The van der Waals surface area contributed by atoms with Crippen molar-refractivity contribution >= 4 is 5.91 Å². The molecule has 1 aliphatic rings. The van der Waals surface area contributed by atoms with E-state index in [0.717, 1.165) is 24.9 Å². The molecule has 0 aliphatic carbocycles. The highest BCUT2D eigenvalue weighted by Crippen LogP contribution is 2.30. The molecular formula is C11H14N2O. The fourth-order valence-electron chi connectivity index (χ4n) is 2.07. The molecule has 14 heavy (non-hydrogen) atoms. The zero-order valence-electron chi connectivity index (χ0n) is 7.99. The number of nitrogens with one attached hydrogen (secondary N) is 1. The molecule has 2 rings (SSSR count). The lowest BCUT2D eigenvalue weighted by Gasteiger charge is -2.26. The van der Waals surface area contributed by atoms with Gasteiger partial charge in [-0.2, -0.15) is 0 Å². The largest absolute Gasteiger partial charge is 0.368 e. The third-order valence-corrected chi connectivity index (χ3v) is 2.84. The van der Waals surface area contributed by atoms with Gasteiger partial charge in [0, 0.05) is 0 Å². The number of rotatable bonds is 2. The fourth-order valence-corrected chi connectivity index (χ4v) is 2.07. The highest BCUT2D eigenvalue weighted by molar-refractivity contribution is 5.86. The number of amides is 1. The van der Waals surface area contributed by atoms with Crippen molar-refractivity contribution in [2.75, 3.05) is 6.54 Å². The fraction of sp³-hybridized carbons (Fsp3) is 0.364. The summed E-state index contributed by atoms with van der Waals surface area (Å²) in [4.78, 5) is 11.5. The van der Waals surface area contributed by atoms with Gasteiger partial charge in [-0.25, -0.2) is 0 Å². The summed E-state index contributed by atoms with van der Waals surface area (Å²) in [5.74, 6) is -0.277. The molecule has 0 radical (unpaired) electrons. The van der Waals surface area contributed by atoms with Crippen molar-refractivity contribution in [3.63, 3.8) is 0 Å². The average Bonchev–Trinajstić information content (AvgIpc) is 2.69. The number of benzene rings is 1. The molecule has 1 amide bonds. The van der Waals surface area contributed by atoms with Crippen LogP contribution in [0.1, 0.15) is 18.4 Å². The van der Waals surface area contributed by atoms with E-state index in [1.807, 2.05) is 30.3 Å². The number of carbonyl (C=O) groups excluding carboxylic acids is 1. The molecule has 0 unspecified atom stereocenters. The summed E-state index contributed by atoms with van der Waals surface area (Å²) in [6.07, 6.45) is 1.80. The summed E-state index contributed by atoms with van der Waals surface area (Å²) in [6, 6.07) is 9.69. The zero-order valence-corrected chi connectivity index (χ0v) is 7.99. The molecule has 0 saturated carbocycles.